The smallest absolute Gasteiger partial charge is 0.262 e. The number of rotatable bonds is 5. The van der Waals surface area contributed by atoms with Crippen molar-refractivity contribution >= 4 is 23.1 Å². The first kappa shape index (κ1) is 21.5. The minimum atomic E-state index is -0.955. The van der Waals surface area contributed by atoms with Crippen molar-refractivity contribution in [3.63, 3.8) is 0 Å². The number of nitrogens with zero attached hydrogens (tertiary/aromatic N) is 2. The summed E-state index contributed by atoms with van der Waals surface area (Å²) < 4.78 is 27.7. The predicted octanol–water partition coefficient (Wildman–Crippen LogP) is 4.03. The van der Waals surface area contributed by atoms with E-state index in [1.165, 1.54) is 18.3 Å². The summed E-state index contributed by atoms with van der Waals surface area (Å²) in [4.78, 5) is 33.7. The van der Waals surface area contributed by atoms with E-state index in [0.717, 1.165) is 29.7 Å². The van der Waals surface area contributed by atoms with E-state index < -0.39 is 29.1 Å². The number of anilines is 1. The third-order valence-corrected chi connectivity index (χ3v) is 5.28. The Hall–Kier alpha value is -3.78. The van der Waals surface area contributed by atoms with Crippen molar-refractivity contribution in [2.75, 3.05) is 11.9 Å². The van der Waals surface area contributed by atoms with Gasteiger partial charge >= 0.3 is 0 Å². The zero-order valence-corrected chi connectivity index (χ0v) is 17.2. The van der Waals surface area contributed by atoms with Gasteiger partial charge < -0.3 is 10.6 Å². The fraction of sp³-hybridized carbons (Fsp3) is 0.167. The number of carbonyl (C=O) groups is 2. The number of aromatic nitrogens is 2. The van der Waals surface area contributed by atoms with Crippen LogP contribution in [-0.2, 0) is 0 Å². The normalized spacial score (nSPS) is 16.0. The predicted molar refractivity (Wildman–Crippen MR) is 116 cm³/mol. The van der Waals surface area contributed by atoms with Crippen LogP contribution in [0.4, 0.5) is 14.6 Å². The lowest BCUT2D eigenvalue weighted by Gasteiger charge is -2.28. The Bertz CT molecular complexity index is 1170. The van der Waals surface area contributed by atoms with E-state index in [4.69, 9.17) is 0 Å². The van der Waals surface area contributed by atoms with Crippen molar-refractivity contribution in [2.24, 2.45) is 0 Å². The standard InChI is InChI=1S/C24H20F2N4O2/c1-14-10-12-28-22(23(31)18-7-2-3-11-27-18)20(14)15-8-9-19(29-13-15)30-24(32)21-16(25)5-4-6-17(21)26/h2-9,11,13,22,28H,10,12H2,1H3,(H,29,30,32). The number of Topliss-reactive ketones (excluding diaryl/α,β-unsaturated/α-hetero) is 1. The summed E-state index contributed by atoms with van der Waals surface area (Å²) in [5.41, 5.74) is 2.25. The summed E-state index contributed by atoms with van der Waals surface area (Å²) in [6.07, 6.45) is 3.87. The number of benzene rings is 1. The van der Waals surface area contributed by atoms with Crippen molar-refractivity contribution < 1.29 is 18.4 Å². The molecule has 1 amide bonds. The van der Waals surface area contributed by atoms with Crippen LogP contribution in [0.25, 0.3) is 5.57 Å². The van der Waals surface area contributed by atoms with E-state index in [2.05, 4.69) is 20.6 Å². The van der Waals surface area contributed by atoms with Crippen LogP contribution in [0.2, 0.25) is 0 Å². The molecule has 2 N–H and O–H groups in total. The topological polar surface area (TPSA) is 84.0 Å². The largest absolute Gasteiger partial charge is 0.306 e. The lowest BCUT2D eigenvalue weighted by molar-refractivity contribution is 0.0959. The molecule has 162 valence electrons. The van der Waals surface area contributed by atoms with Gasteiger partial charge in [0.25, 0.3) is 5.91 Å². The lowest BCUT2D eigenvalue weighted by atomic mass is 9.87. The number of hydrogen-bond donors (Lipinski definition) is 2. The van der Waals surface area contributed by atoms with Crippen LogP contribution >= 0.6 is 0 Å². The number of halogens is 2. The van der Waals surface area contributed by atoms with Crippen molar-refractivity contribution in [1.82, 2.24) is 15.3 Å². The molecule has 0 saturated heterocycles. The van der Waals surface area contributed by atoms with Crippen LogP contribution in [0.5, 0.6) is 0 Å². The van der Waals surface area contributed by atoms with Crippen LogP contribution in [0.1, 0.15) is 39.8 Å². The average Bonchev–Trinajstić information content (AvgIpc) is 2.79. The van der Waals surface area contributed by atoms with Crippen molar-refractivity contribution in [3.05, 3.63) is 95.0 Å². The summed E-state index contributed by atoms with van der Waals surface area (Å²) in [5, 5.41) is 5.65. The number of ketones is 1. The first-order valence-corrected chi connectivity index (χ1v) is 10.1. The molecule has 1 aromatic carbocycles. The van der Waals surface area contributed by atoms with Gasteiger partial charge in [0.15, 0.2) is 0 Å². The molecule has 2 aromatic heterocycles. The van der Waals surface area contributed by atoms with Gasteiger partial charge in [-0.1, -0.05) is 17.7 Å². The van der Waals surface area contributed by atoms with E-state index >= 15 is 0 Å². The van der Waals surface area contributed by atoms with Crippen LogP contribution in [0, 0.1) is 11.6 Å². The second-order valence-electron chi connectivity index (χ2n) is 7.39. The number of amides is 1. The van der Waals surface area contributed by atoms with E-state index in [1.54, 1.807) is 30.5 Å². The van der Waals surface area contributed by atoms with Crippen LogP contribution in [-0.4, -0.2) is 34.2 Å². The van der Waals surface area contributed by atoms with E-state index in [9.17, 15) is 18.4 Å². The highest BCUT2D eigenvalue weighted by atomic mass is 19.1. The van der Waals surface area contributed by atoms with Crippen LogP contribution in [0.15, 0.2) is 66.5 Å². The molecule has 0 saturated carbocycles. The molecule has 0 radical (unpaired) electrons. The third-order valence-electron chi connectivity index (χ3n) is 5.28. The summed E-state index contributed by atoms with van der Waals surface area (Å²) in [7, 11) is 0. The maximum atomic E-state index is 13.8. The SMILES string of the molecule is CC1=C(c2ccc(NC(=O)c3c(F)cccc3F)nc2)C(C(=O)c2ccccn2)NCC1. The molecule has 4 rings (SSSR count). The third kappa shape index (κ3) is 4.31. The van der Waals surface area contributed by atoms with Crippen LogP contribution in [0.3, 0.4) is 0 Å². The average molecular weight is 434 g/mol. The number of carbonyl (C=O) groups excluding carboxylic acids is 2. The van der Waals surface area contributed by atoms with Crippen molar-refractivity contribution in [2.45, 2.75) is 19.4 Å². The molecule has 6 nitrogen and oxygen atoms in total. The van der Waals surface area contributed by atoms with E-state index in [0.29, 0.717) is 17.8 Å². The summed E-state index contributed by atoms with van der Waals surface area (Å²) in [5.74, 6) is -2.85. The molecule has 3 aromatic rings. The second kappa shape index (κ2) is 9.15. The molecule has 0 fully saturated rings. The lowest BCUT2D eigenvalue weighted by Crippen LogP contribution is -2.42. The zero-order valence-electron chi connectivity index (χ0n) is 17.2. The monoisotopic (exact) mass is 434 g/mol. The van der Waals surface area contributed by atoms with Gasteiger partial charge in [-0.15, -0.1) is 0 Å². The highest BCUT2D eigenvalue weighted by molar-refractivity contribution is 6.07. The molecule has 1 atom stereocenters. The summed E-state index contributed by atoms with van der Waals surface area (Å²) in [6.45, 7) is 2.62. The Kier molecular flexibility index (Phi) is 6.13. The van der Waals surface area contributed by atoms with E-state index in [1.807, 2.05) is 6.92 Å². The minimum absolute atomic E-state index is 0.135. The Morgan fingerprint density at radius 1 is 1.03 bits per heavy atom. The molecular weight excluding hydrogens is 414 g/mol. The summed E-state index contributed by atoms with van der Waals surface area (Å²) >= 11 is 0. The highest BCUT2D eigenvalue weighted by Crippen LogP contribution is 2.29. The molecular formula is C24H20F2N4O2. The maximum Gasteiger partial charge on any atom is 0.262 e. The van der Waals surface area contributed by atoms with Gasteiger partial charge in [-0.25, -0.2) is 13.8 Å². The Balaban J connectivity index is 1.58. The number of pyridine rings is 2. The maximum absolute atomic E-state index is 13.8. The van der Waals surface area contributed by atoms with Gasteiger partial charge in [0, 0.05) is 12.4 Å². The molecule has 0 bridgehead atoms. The number of hydrogen-bond acceptors (Lipinski definition) is 5. The summed E-state index contributed by atoms with van der Waals surface area (Å²) in [6, 6.07) is 11.1. The first-order chi connectivity index (χ1) is 15.5. The zero-order chi connectivity index (χ0) is 22.7. The molecule has 1 aliphatic rings. The van der Waals surface area contributed by atoms with E-state index in [-0.39, 0.29) is 11.6 Å². The van der Waals surface area contributed by atoms with Gasteiger partial charge in [-0.05, 0) is 67.4 Å². The minimum Gasteiger partial charge on any atom is -0.306 e. The number of nitrogens with one attached hydrogen (secondary N) is 2. The quantitative estimate of drug-likeness (QED) is 0.593. The van der Waals surface area contributed by atoms with Gasteiger partial charge in [0.05, 0.1) is 6.04 Å². The van der Waals surface area contributed by atoms with Gasteiger partial charge in [-0.3, -0.25) is 14.6 Å². The molecule has 0 aliphatic carbocycles. The Labute approximate surface area is 183 Å². The molecule has 8 heteroatoms. The van der Waals surface area contributed by atoms with Gasteiger partial charge in [-0.2, -0.15) is 0 Å². The Morgan fingerprint density at radius 3 is 2.47 bits per heavy atom. The Morgan fingerprint density at radius 2 is 1.81 bits per heavy atom. The first-order valence-electron chi connectivity index (χ1n) is 10.1. The van der Waals surface area contributed by atoms with Crippen molar-refractivity contribution in [3.8, 4) is 0 Å². The second-order valence-corrected chi connectivity index (χ2v) is 7.39. The van der Waals surface area contributed by atoms with Crippen molar-refractivity contribution in [1.29, 1.82) is 0 Å². The fourth-order valence-electron chi connectivity index (χ4n) is 3.70. The molecule has 32 heavy (non-hydrogen) atoms. The van der Waals surface area contributed by atoms with Gasteiger partial charge in [0.2, 0.25) is 5.78 Å². The van der Waals surface area contributed by atoms with Gasteiger partial charge in [0.1, 0.15) is 28.7 Å². The fourth-order valence-corrected chi connectivity index (χ4v) is 3.70. The molecule has 1 unspecified atom stereocenters. The van der Waals surface area contributed by atoms with Crippen LogP contribution < -0.4 is 10.6 Å². The molecule has 1 aliphatic heterocycles. The molecule has 3 heterocycles. The highest BCUT2D eigenvalue weighted by Gasteiger charge is 2.30. The molecule has 0 spiro atoms.